The summed E-state index contributed by atoms with van der Waals surface area (Å²) < 4.78 is 0. The van der Waals surface area contributed by atoms with Crippen LogP contribution in [-0.2, 0) is 0 Å². The van der Waals surface area contributed by atoms with Crippen molar-refractivity contribution in [3.8, 4) is 0 Å². The molecule has 1 heterocycles. The quantitative estimate of drug-likeness (QED) is 0.774. The third kappa shape index (κ3) is 5.67. The van der Waals surface area contributed by atoms with Crippen LogP contribution in [0.15, 0.2) is 0 Å². The van der Waals surface area contributed by atoms with Gasteiger partial charge in [-0.3, -0.25) is 4.90 Å². The SMILES string of the molecule is CCN1CCN(C(C)(C)CNC(=O)NCC(C)C)CC1. The molecule has 0 radical (unpaired) electrons. The fourth-order valence-corrected chi connectivity index (χ4v) is 2.44. The van der Waals surface area contributed by atoms with Crippen LogP contribution in [0.4, 0.5) is 4.79 Å². The van der Waals surface area contributed by atoms with Crippen molar-refractivity contribution in [1.82, 2.24) is 20.4 Å². The van der Waals surface area contributed by atoms with Crippen LogP contribution in [0.3, 0.4) is 0 Å². The first-order valence-corrected chi connectivity index (χ1v) is 7.84. The third-order valence-corrected chi connectivity index (χ3v) is 4.03. The van der Waals surface area contributed by atoms with Gasteiger partial charge < -0.3 is 15.5 Å². The maximum atomic E-state index is 11.7. The summed E-state index contributed by atoms with van der Waals surface area (Å²) in [5.41, 5.74) is 0.00893. The zero-order valence-corrected chi connectivity index (χ0v) is 13.8. The number of carbonyl (C=O) groups is 1. The van der Waals surface area contributed by atoms with Gasteiger partial charge in [-0.1, -0.05) is 20.8 Å². The van der Waals surface area contributed by atoms with E-state index < -0.39 is 0 Å². The van der Waals surface area contributed by atoms with Crippen molar-refractivity contribution in [2.45, 2.75) is 40.2 Å². The van der Waals surface area contributed by atoms with Crippen LogP contribution >= 0.6 is 0 Å². The van der Waals surface area contributed by atoms with Crippen LogP contribution in [-0.4, -0.2) is 67.2 Å². The largest absolute Gasteiger partial charge is 0.338 e. The van der Waals surface area contributed by atoms with Crippen molar-refractivity contribution >= 4 is 6.03 Å². The average molecular weight is 284 g/mol. The Morgan fingerprint density at radius 2 is 1.75 bits per heavy atom. The van der Waals surface area contributed by atoms with Crippen LogP contribution in [0.2, 0.25) is 0 Å². The Hall–Kier alpha value is -0.810. The molecule has 1 aliphatic heterocycles. The van der Waals surface area contributed by atoms with E-state index in [1.165, 1.54) is 0 Å². The van der Waals surface area contributed by atoms with Gasteiger partial charge in [0.2, 0.25) is 0 Å². The Kier molecular flexibility index (Phi) is 6.76. The van der Waals surface area contributed by atoms with Gasteiger partial charge in [0, 0.05) is 44.8 Å². The van der Waals surface area contributed by atoms with Crippen LogP contribution < -0.4 is 10.6 Å². The number of hydrogen-bond acceptors (Lipinski definition) is 3. The molecule has 0 saturated carbocycles. The van der Waals surface area contributed by atoms with E-state index in [0.717, 1.165) is 39.3 Å². The molecular formula is C15H32N4O. The van der Waals surface area contributed by atoms with Crippen molar-refractivity contribution in [3.05, 3.63) is 0 Å². The maximum absolute atomic E-state index is 11.7. The zero-order valence-electron chi connectivity index (χ0n) is 13.8. The van der Waals surface area contributed by atoms with E-state index in [9.17, 15) is 4.79 Å². The standard InChI is InChI=1S/C15H32N4O/c1-6-18-7-9-19(10-8-18)15(4,5)12-17-14(20)16-11-13(2)3/h13H,6-12H2,1-5H3,(H2,16,17,20). The number of rotatable bonds is 6. The highest BCUT2D eigenvalue weighted by Gasteiger charge is 2.29. The van der Waals surface area contributed by atoms with Crippen LogP contribution in [0, 0.1) is 5.92 Å². The first kappa shape index (κ1) is 17.2. The van der Waals surface area contributed by atoms with Gasteiger partial charge in [0.15, 0.2) is 0 Å². The molecule has 118 valence electrons. The minimum Gasteiger partial charge on any atom is -0.338 e. The molecule has 2 N–H and O–H groups in total. The lowest BCUT2D eigenvalue weighted by Gasteiger charge is -2.44. The summed E-state index contributed by atoms with van der Waals surface area (Å²) in [4.78, 5) is 16.7. The molecule has 0 aromatic carbocycles. The van der Waals surface area contributed by atoms with Crippen molar-refractivity contribution < 1.29 is 4.79 Å². The second-order valence-corrected chi connectivity index (χ2v) is 6.69. The van der Waals surface area contributed by atoms with Crippen molar-refractivity contribution in [1.29, 1.82) is 0 Å². The Morgan fingerprint density at radius 3 is 2.25 bits per heavy atom. The van der Waals surface area contributed by atoms with E-state index in [-0.39, 0.29) is 11.6 Å². The van der Waals surface area contributed by atoms with Gasteiger partial charge in [-0.05, 0) is 26.3 Å². The molecule has 0 unspecified atom stereocenters. The summed E-state index contributed by atoms with van der Waals surface area (Å²) in [5.74, 6) is 0.482. The van der Waals surface area contributed by atoms with Gasteiger partial charge in [-0.25, -0.2) is 4.79 Å². The molecule has 0 spiro atoms. The van der Waals surface area contributed by atoms with Gasteiger partial charge in [0.05, 0.1) is 0 Å². The number of urea groups is 1. The number of nitrogens with zero attached hydrogens (tertiary/aromatic N) is 2. The lowest BCUT2D eigenvalue weighted by molar-refractivity contribution is 0.0555. The molecule has 1 aliphatic rings. The summed E-state index contributed by atoms with van der Waals surface area (Å²) in [6.07, 6.45) is 0. The fraction of sp³-hybridized carbons (Fsp3) is 0.933. The van der Waals surface area contributed by atoms with Gasteiger partial charge >= 0.3 is 6.03 Å². The highest BCUT2D eigenvalue weighted by Crippen LogP contribution is 2.16. The lowest BCUT2D eigenvalue weighted by atomic mass is 10.0. The molecule has 5 heteroatoms. The molecule has 0 bridgehead atoms. The van der Waals surface area contributed by atoms with E-state index in [1.807, 2.05) is 0 Å². The Balaban J connectivity index is 2.32. The maximum Gasteiger partial charge on any atom is 0.314 e. The summed E-state index contributed by atoms with van der Waals surface area (Å²) in [6.45, 7) is 17.8. The molecule has 0 aromatic rings. The lowest BCUT2D eigenvalue weighted by Crippen LogP contribution is -2.59. The predicted molar refractivity (Wildman–Crippen MR) is 84.0 cm³/mol. The highest BCUT2D eigenvalue weighted by molar-refractivity contribution is 5.73. The monoisotopic (exact) mass is 284 g/mol. The molecule has 2 amide bonds. The topological polar surface area (TPSA) is 47.6 Å². The molecular weight excluding hydrogens is 252 g/mol. The molecule has 20 heavy (non-hydrogen) atoms. The molecule has 1 fully saturated rings. The van der Waals surface area contributed by atoms with Gasteiger partial charge in [0.25, 0.3) is 0 Å². The van der Waals surface area contributed by atoms with Gasteiger partial charge in [-0.15, -0.1) is 0 Å². The number of amides is 2. The van der Waals surface area contributed by atoms with Crippen molar-refractivity contribution in [2.24, 2.45) is 5.92 Å². The van der Waals surface area contributed by atoms with Crippen LogP contribution in [0.25, 0.3) is 0 Å². The van der Waals surface area contributed by atoms with Gasteiger partial charge in [-0.2, -0.15) is 0 Å². The number of hydrogen-bond donors (Lipinski definition) is 2. The Morgan fingerprint density at radius 1 is 1.15 bits per heavy atom. The smallest absolute Gasteiger partial charge is 0.314 e. The second kappa shape index (κ2) is 7.84. The summed E-state index contributed by atoms with van der Waals surface area (Å²) in [6, 6.07) is -0.0565. The summed E-state index contributed by atoms with van der Waals surface area (Å²) in [5, 5.41) is 5.89. The van der Waals surface area contributed by atoms with E-state index in [0.29, 0.717) is 12.5 Å². The van der Waals surface area contributed by atoms with Crippen molar-refractivity contribution in [2.75, 3.05) is 45.8 Å². The first-order chi connectivity index (χ1) is 9.35. The minimum atomic E-state index is -0.0565. The normalized spacial score (nSPS) is 18.3. The van der Waals surface area contributed by atoms with E-state index in [4.69, 9.17) is 0 Å². The minimum absolute atomic E-state index is 0.00893. The number of piperazine rings is 1. The molecule has 0 atom stereocenters. The average Bonchev–Trinajstić information content (AvgIpc) is 2.43. The highest BCUT2D eigenvalue weighted by atomic mass is 16.2. The second-order valence-electron chi connectivity index (χ2n) is 6.69. The van der Waals surface area contributed by atoms with E-state index in [2.05, 4.69) is 55.1 Å². The molecule has 1 rings (SSSR count). The molecule has 0 aliphatic carbocycles. The van der Waals surface area contributed by atoms with Crippen LogP contribution in [0.5, 0.6) is 0 Å². The van der Waals surface area contributed by atoms with Crippen LogP contribution in [0.1, 0.15) is 34.6 Å². The van der Waals surface area contributed by atoms with E-state index >= 15 is 0 Å². The van der Waals surface area contributed by atoms with E-state index in [1.54, 1.807) is 0 Å². The number of carbonyl (C=O) groups excluding carboxylic acids is 1. The predicted octanol–water partition coefficient (Wildman–Crippen LogP) is 1.36. The number of nitrogens with one attached hydrogen (secondary N) is 2. The Bertz CT molecular complexity index is 296. The third-order valence-electron chi connectivity index (χ3n) is 4.03. The summed E-state index contributed by atoms with van der Waals surface area (Å²) >= 11 is 0. The molecule has 1 saturated heterocycles. The Labute approximate surface area is 124 Å². The fourth-order valence-electron chi connectivity index (χ4n) is 2.44. The molecule has 0 aromatic heterocycles. The van der Waals surface area contributed by atoms with Crippen molar-refractivity contribution in [3.63, 3.8) is 0 Å². The zero-order chi connectivity index (χ0) is 15.2. The summed E-state index contributed by atoms with van der Waals surface area (Å²) in [7, 11) is 0. The first-order valence-electron chi connectivity index (χ1n) is 7.84. The number of likely N-dealkylation sites (N-methyl/N-ethyl adjacent to an activating group) is 1. The van der Waals surface area contributed by atoms with Gasteiger partial charge in [0.1, 0.15) is 0 Å². The molecule has 5 nitrogen and oxygen atoms in total.